The van der Waals surface area contributed by atoms with Gasteiger partial charge in [-0.25, -0.2) is 4.98 Å². The van der Waals surface area contributed by atoms with Gasteiger partial charge in [0.15, 0.2) is 5.78 Å². The zero-order valence-corrected chi connectivity index (χ0v) is 14.8. The Bertz CT molecular complexity index is 918. The molecular weight excluding hydrogens is 324 g/mol. The third-order valence-electron chi connectivity index (χ3n) is 4.24. The monoisotopic (exact) mass is 344 g/mol. The second-order valence-electron chi connectivity index (χ2n) is 6.25. The number of aromatic nitrogens is 1. The van der Waals surface area contributed by atoms with Gasteiger partial charge in [0.25, 0.3) is 0 Å². The van der Waals surface area contributed by atoms with Gasteiger partial charge in [-0.05, 0) is 37.1 Å². The minimum absolute atomic E-state index is 0.0553. The summed E-state index contributed by atoms with van der Waals surface area (Å²) in [5.74, 6) is -0.100. The molecule has 0 saturated carbocycles. The summed E-state index contributed by atoms with van der Waals surface area (Å²) in [6, 6.07) is 20.0. The highest BCUT2D eigenvalue weighted by Crippen LogP contribution is 2.20. The molecule has 0 spiro atoms. The standard InChI is InChI=1S/C22H20N2O2/c1-15-11-12-20(23-14-15)24-22(26)16(2)18-9-6-10-19(13-18)21(25)17-7-4-3-5-8-17/h3-14,16H,1-2H3,(H,23,24,26)/t16-/m0/s1. The second kappa shape index (κ2) is 7.74. The van der Waals surface area contributed by atoms with E-state index in [0.717, 1.165) is 11.1 Å². The summed E-state index contributed by atoms with van der Waals surface area (Å²) in [4.78, 5) is 29.3. The normalized spacial score (nSPS) is 11.6. The van der Waals surface area contributed by atoms with Crippen molar-refractivity contribution >= 4 is 17.5 Å². The summed E-state index contributed by atoms with van der Waals surface area (Å²) in [6.07, 6.45) is 1.71. The van der Waals surface area contributed by atoms with Crippen molar-refractivity contribution in [3.8, 4) is 0 Å². The Hall–Kier alpha value is -3.27. The van der Waals surface area contributed by atoms with Gasteiger partial charge < -0.3 is 5.32 Å². The van der Waals surface area contributed by atoms with Crippen LogP contribution in [0.5, 0.6) is 0 Å². The van der Waals surface area contributed by atoms with Crippen molar-refractivity contribution in [1.82, 2.24) is 4.98 Å². The third kappa shape index (κ3) is 4.03. The van der Waals surface area contributed by atoms with Crippen molar-refractivity contribution in [2.45, 2.75) is 19.8 Å². The molecule has 3 aromatic rings. The highest BCUT2D eigenvalue weighted by molar-refractivity contribution is 6.09. The first-order chi connectivity index (χ1) is 12.5. The van der Waals surface area contributed by atoms with Crippen molar-refractivity contribution in [2.24, 2.45) is 0 Å². The first kappa shape index (κ1) is 17.5. The molecule has 130 valence electrons. The zero-order chi connectivity index (χ0) is 18.5. The van der Waals surface area contributed by atoms with Gasteiger partial charge in [0.1, 0.15) is 5.82 Å². The van der Waals surface area contributed by atoms with E-state index in [1.165, 1.54) is 0 Å². The first-order valence-electron chi connectivity index (χ1n) is 8.48. The quantitative estimate of drug-likeness (QED) is 0.700. The molecule has 0 saturated heterocycles. The third-order valence-corrected chi connectivity index (χ3v) is 4.24. The molecule has 0 aliphatic heterocycles. The average Bonchev–Trinajstić information content (AvgIpc) is 2.69. The molecular formula is C22H20N2O2. The van der Waals surface area contributed by atoms with Gasteiger partial charge in [-0.3, -0.25) is 9.59 Å². The number of hydrogen-bond donors (Lipinski definition) is 1. The van der Waals surface area contributed by atoms with Crippen LogP contribution in [0.15, 0.2) is 72.9 Å². The number of benzene rings is 2. The Balaban J connectivity index is 1.77. The lowest BCUT2D eigenvalue weighted by Gasteiger charge is -2.13. The Morgan fingerprint density at radius 2 is 1.65 bits per heavy atom. The lowest BCUT2D eigenvalue weighted by molar-refractivity contribution is -0.117. The Morgan fingerprint density at radius 1 is 0.923 bits per heavy atom. The van der Waals surface area contributed by atoms with Gasteiger partial charge in [0.2, 0.25) is 5.91 Å². The summed E-state index contributed by atoms with van der Waals surface area (Å²) >= 11 is 0. The molecule has 4 nitrogen and oxygen atoms in total. The molecule has 0 fully saturated rings. The Morgan fingerprint density at radius 3 is 2.35 bits per heavy atom. The minimum atomic E-state index is -0.401. The van der Waals surface area contributed by atoms with Crippen LogP contribution in [0.25, 0.3) is 0 Å². The van der Waals surface area contributed by atoms with Crippen LogP contribution in [0.3, 0.4) is 0 Å². The van der Waals surface area contributed by atoms with E-state index in [9.17, 15) is 9.59 Å². The van der Waals surface area contributed by atoms with E-state index in [1.807, 2.05) is 44.2 Å². The summed E-state index contributed by atoms with van der Waals surface area (Å²) in [6.45, 7) is 3.76. The lowest BCUT2D eigenvalue weighted by atomic mass is 9.95. The molecule has 1 aromatic heterocycles. The number of hydrogen-bond acceptors (Lipinski definition) is 3. The van der Waals surface area contributed by atoms with Crippen LogP contribution in [0, 0.1) is 6.92 Å². The highest BCUT2D eigenvalue weighted by Gasteiger charge is 2.18. The number of amides is 1. The average molecular weight is 344 g/mol. The van der Waals surface area contributed by atoms with E-state index < -0.39 is 5.92 Å². The van der Waals surface area contributed by atoms with Gasteiger partial charge in [-0.15, -0.1) is 0 Å². The fraction of sp³-hybridized carbons (Fsp3) is 0.136. The van der Waals surface area contributed by atoms with Crippen LogP contribution < -0.4 is 5.32 Å². The Labute approximate surface area is 152 Å². The lowest BCUT2D eigenvalue weighted by Crippen LogP contribution is -2.19. The van der Waals surface area contributed by atoms with Gasteiger partial charge in [0, 0.05) is 17.3 Å². The van der Waals surface area contributed by atoms with Crippen molar-refractivity contribution in [1.29, 1.82) is 0 Å². The van der Waals surface area contributed by atoms with E-state index in [2.05, 4.69) is 10.3 Å². The van der Waals surface area contributed by atoms with Gasteiger partial charge in [0.05, 0.1) is 5.92 Å². The van der Waals surface area contributed by atoms with E-state index in [0.29, 0.717) is 16.9 Å². The van der Waals surface area contributed by atoms with Crippen molar-refractivity contribution < 1.29 is 9.59 Å². The molecule has 0 bridgehead atoms. The largest absolute Gasteiger partial charge is 0.310 e. The fourth-order valence-electron chi connectivity index (χ4n) is 2.63. The molecule has 0 aliphatic carbocycles. The highest BCUT2D eigenvalue weighted by atomic mass is 16.2. The number of aryl methyl sites for hydroxylation is 1. The minimum Gasteiger partial charge on any atom is -0.310 e. The number of ketones is 1. The van der Waals surface area contributed by atoms with E-state index in [1.54, 1.807) is 42.6 Å². The van der Waals surface area contributed by atoms with Crippen molar-refractivity contribution in [3.63, 3.8) is 0 Å². The van der Waals surface area contributed by atoms with Crippen molar-refractivity contribution in [2.75, 3.05) is 5.32 Å². The van der Waals surface area contributed by atoms with E-state index >= 15 is 0 Å². The summed E-state index contributed by atoms with van der Waals surface area (Å²) < 4.78 is 0. The number of nitrogens with zero attached hydrogens (tertiary/aromatic N) is 1. The number of nitrogens with one attached hydrogen (secondary N) is 1. The van der Waals surface area contributed by atoms with Crippen LogP contribution in [0.4, 0.5) is 5.82 Å². The maximum Gasteiger partial charge on any atom is 0.232 e. The van der Waals surface area contributed by atoms with Crippen LogP contribution in [-0.2, 0) is 4.79 Å². The predicted octanol–water partition coefficient (Wildman–Crippen LogP) is 4.36. The summed E-state index contributed by atoms with van der Waals surface area (Å²) in [5, 5.41) is 2.81. The van der Waals surface area contributed by atoms with Crippen LogP contribution in [0.1, 0.15) is 39.9 Å². The van der Waals surface area contributed by atoms with Crippen molar-refractivity contribution in [3.05, 3.63) is 95.2 Å². The van der Waals surface area contributed by atoms with Gasteiger partial charge in [-0.1, -0.05) is 54.6 Å². The molecule has 0 aliphatic rings. The summed E-state index contributed by atoms with van der Waals surface area (Å²) in [5.41, 5.74) is 3.02. The van der Waals surface area contributed by atoms with Gasteiger partial charge >= 0.3 is 0 Å². The number of rotatable bonds is 5. The van der Waals surface area contributed by atoms with Crippen LogP contribution in [0.2, 0.25) is 0 Å². The van der Waals surface area contributed by atoms with E-state index in [4.69, 9.17) is 0 Å². The molecule has 0 unspecified atom stereocenters. The molecule has 3 rings (SSSR count). The topological polar surface area (TPSA) is 59.1 Å². The molecule has 1 atom stereocenters. The zero-order valence-electron chi connectivity index (χ0n) is 14.8. The first-order valence-corrected chi connectivity index (χ1v) is 8.48. The molecule has 2 aromatic carbocycles. The fourth-order valence-corrected chi connectivity index (χ4v) is 2.63. The summed E-state index contributed by atoms with van der Waals surface area (Å²) in [7, 11) is 0. The molecule has 0 radical (unpaired) electrons. The number of pyridine rings is 1. The predicted molar refractivity (Wildman–Crippen MR) is 102 cm³/mol. The van der Waals surface area contributed by atoms with Crippen LogP contribution >= 0.6 is 0 Å². The second-order valence-corrected chi connectivity index (χ2v) is 6.25. The number of anilines is 1. The number of carbonyl (C=O) groups is 2. The van der Waals surface area contributed by atoms with E-state index in [-0.39, 0.29) is 11.7 Å². The van der Waals surface area contributed by atoms with Crippen LogP contribution in [-0.4, -0.2) is 16.7 Å². The molecule has 26 heavy (non-hydrogen) atoms. The molecule has 1 N–H and O–H groups in total. The Kier molecular flexibility index (Phi) is 5.23. The SMILES string of the molecule is Cc1ccc(NC(=O)[C@@H](C)c2cccc(C(=O)c3ccccc3)c2)nc1. The number of carbonyl (C=O) groups excluding carboxylic acids is 2. The van der Waals surface area contributed by atoms with Gasteiger partial charge in [-0.2, -0.15) is 0 Å². The molecule has 1 heterocycles. The maximum atomic E-state index is 12.6. The maximum absolute atomic E-state index is 12.6. The molecule has 4 heteroatoms. The molecule has 1 amide bonds. The smallest absolute Gasteiger partial charge is 0.232 e.